The van der Waals surface area contributed by atoms with Crippen LogP contribution in [-0.4, -0.2) is 55.5 Å². The highest BCUT2D eigenvalue weighted by Gasteiger charge is 2.29. The van der Waals surface area contributed by atoms with Crippen molar-refractivity contribution in [1.82, 2.24) is 9.21 Å². The summed E-state index contributed by atoms with van der Waals surface area (Å²) in [4.78, 5) is 27.5. The topological polar surface area (TPSA) is 74.8 Å². The molecule has 1 heterocycles. The van der Waals surface area contributed by atoms with Gasteiger partial charge in [0.25, 0.3) is 5.91 Å². The Hall–Kier alpha value is -1.93. The standard InChI is InChI=1S/C23H26Cl2N2O4S/c1-3-27(4-2)32(30,31)19-8-5-17(6-9-19)23(29)26-13-11-16(12-14-26)22(28)18-7-10-20(24)21(25)15-18/h5-10,15-16H,3-4,11-14H2,1-2H3. The molecule has 2 aromatic rings. The van der Waals surface area contributed by atoms with Gasteiger partial charge >= 0.3 is 0 Å². The van der Waals surface area contributed by atoms with E-state index in [0.29, 0.717) is 60.2 Å². The lowest BCUT2D eigenvalue weighted by atomic mass is 9.88. The number of rotatable bonds is 7. The first-order chi connectivity index (χ1) is 15.2. The highest BCUT2D eigenvalue weighted by atomic mass is 35.5. The number of sulfonamides is 1. The zero-order chi connectivity index (χ0) is 23.5. The van der Waals surface area contributed by atoms with E-state index in [9.17, 15) is 18.0 Å². The molecule has 1 aliphatic heterocycles. The number of carbonyl (C=O) groups excluding carboxylic acids is 2. The van der Waals surface area contributed by atoms with Gasteiger partial charge in [0.15, 0.2) is 5.78 Å². The Morgan fingerprint density at radius 3 is 2.03 bits per heavy atom. The van der Waals surface area contributed by atoms with Gasteiger partial charge in [-0.25, -0.2) is 8.42 Å². The number of Topliss-reactive ketones (excluding diaryl/α,β-unsaturated/α-hetero) is 1. The summed E-state index contributed by atoms with van der Waals surface area (Å²) in [5, 5.41) is 0.746. The average Bonchev–Trinajstić information content (AvgIpc) is 2.80. The van der Waals surface area contributed by atoms with Crippen molar-refractivity contribution in [3.63, 3.8) is 0 Å². The third-order valence-corrected chi connectivity index (χ3v) is 8.60. The summed E-state index contributed by atoms with van der Waals surface area (Å²) in [6.07, 6.45) is 1.11. The first-order valence-corrected chi connectivity index (χ1v) is 12.8. The van der Waals surface area contributed by atoms with E-state index in [2.05, 4.69) is 0 Å². The summed E-state index contributed by atoms with van der Waals surface area (Å²) in [5.74, 6) is -0.350. The predicted octanol–water partition coefficient (Wildman–Crippen LogP) is 4.76. The predicted molar refractivity (Wildman–Crippen MR) is 126 cm³/mol. The van der Waals surface area contributed by atoms with Gasteiger partial charge in [-0.1, -0.05) is 37.0 Å². The fraction of sp³-hybridized carbons (Fsp3) is 0.391. The molecule has 0 unspecified atom stereocenters. The van der Waals surface area contributed by atoms with Crippen LogP contribution in [0.25, 0.3) is 0 Å². The normalized spacial score (nSPS) is 15.2. The van der Waals surface area contributed by atoms with Crippen LogP contribution in [-0.2, 0) is 10.0 Å². The Morgan fingerprint density at radius 2 is 1.50 bits per heavy atom. The molecule has 172 valence electrons. The minimum atomic E-state index is -3.56. The minimum absolute atomic E-state index is 0.00151. The molecule has 32 heavy (non-hydrogen) atoms. The van der Waals surface area contributed by atoms with E-state index in [0.717, 1.165) is 0 Å². The van der Waals surface area contributed by atoms with Gasteiger partial charge in [-0.3, -0.25) is 9.59 Å². The molecule has 1 amide bonds. The molecule has 0 bridgehead atoms. The van der Waals surface area contributed by atoms with Crippen molar-refractivity contribution in [3.05, 3.63) is 63.6 Å². The highest BCUT2D eigenvalue weighted by molar-refractivity contribution is 7.89. The zero-order valence-electron chi connectivity index (χ0n) is 18.1. The van der Waals surface area contributed by atoms with Gasteiger partial charge < -0.3 is 4.90 Å². The molecule has 0 spiro atoms. The van der Waals surface area contributed by atoms with Crippen molar-refractivity contribution in [2.45, 2.75) is 31.6 Å². The zero-order valence-corrected chi connectivity index (χ0v) is 20.4. The second-order valence-electron chi connectivity index (χ2n) is 7.67. The molecule has 0 aliphatic carbocycles. The summed E-state index contributed by atoms with van der Waals surface area (Å²) in [5.41, 5.74) is 0.951. The third kappa shape index (κ3) is 5.17. The summed E-state index contributed by atoms with van der Waals surface area (Å²) in [6.45, 7) is 5.25. The van der Waals surface area contributed by atoms with Crippen molar-refractivity contribution in [3.8, 4) is 0 Å². The second-order valence-corrected chi connectivity index (χ2v) is 10.4. The van der Waals surface area contributed by atoms with Gasteiger partial charge in [0.1, 0.15) is 0 Å². The van der Waals surface area contributed by atoms with Gasteiger partial charge in [0.05, 0.1) is 14.9 Å². The molecule has 1 fully saturated rings. The van der Waals surface area contributed by atoms with Crippen LogP contribution in [0.1, 0.15) is 47.4 Å². The lowest BCUT2D eigenvalue weighted by Gasteiger charge is -2.31. The number of benzene rings is 2. The first kappa shape index (κ1) is 24.7. The quantitative estimate of drug-likeness (QED) is 0.517. The molecular weight excluding hydrogens is 471 g/mol. The van der Waals surface area contributed by atoms with Crippen LogP contribution in [0, 0.1) is 5.92 Å². The maximum absolute atomic E-state index is 12.9. The van der Waals surface area contributed by atoms with Crippen LogP contribution in [0.4, 0.5) is 0 Å². The number of nitrogens with zero attached hydrogens (tertiary/aromatic N) is 2. The molecule has 0 N–H and O–H groups in total. The number of piperidine rings is 1. The fourth-order valence-electron chi connectivity index (χ4n) is 3.89. The number of ketones is 1. The van der Waals surface area contributed by atoms with E-state index in [-0.39, 0.29) is 22.5 Å². The van der Waals surface area contributed by atoms with E-state index < -0.39 is 10.0 Å². The molecule has 0 atom stereocenters. The number of hydrogen-bond acceptors (Lipinski definition) is 4. The summed E-state index contributed by atoms with van der Waals surface area (Å²) in [6, 6.07) is 10.9. The molecule has 2 aromatic carbocycles. The lowest BCUT2D eigenvalue weighted by Crippen LogP contribution is -2.40. The van der Waals surface area contributed by atoms with E-state index in [1.807, 2.05) is 0 Å². The molecule has 6 nitrogen and oxygen atoms in total. The van der Waals surface area contributed by atoms with Crippen LogP contribution < -0.4 is 0 Å². The van der Waals surface area contributed by atoms with Crippen molar-refractivity contribution in [2.24, 2.45) is 5.92 Å². The number of likely N-dealkylation sites (tertiary alicyclic amines) is 1. The van der Waals surface area contributed by atoms with Crippen molar-refractivity contribution in [2.75, 3.05) is 26.2 Å². The van der Waals surface area contributed by atoms with Gasteiger partial charge in [0.2, 0.25) is 10.0 Å². The first-order valence-electron chi connectivity index (χ1n) is 10.6. The summed E-state index contributed by atoms with van der Waals surface area (Å²) >= 11 is 11.9. The van der Waals surface area contributed by atoms with Crippen molar-refractivity contribution >= 4 is 44.9 Å². The van der Waals surface area contributed by atoms with E-state index >= 15 is 0 Å². The molecule has 3 rings (SSSR count). The summed E-state index contributed by atoms with van der Waals surface area (Å²) < 4.78 is 26.6. The largest absolute Gasteiger partial charge is 0.339 e. The van der Waals surface area contributed by atoms with Crippen LogP contribution in [0.2, 0.25) is 10.0 Å². The smallest absolute Gasteiger partial charge is 0.253 e. The van der Waals surface area contributed by atoms with Gasteiger partial charge in [0, 0.05) is 43.2 Å². The number of amides is 1. The van der Waals surface area contributed by atoms with Crippen LogP contribution in [0.15, 0.2) is 47.4 Å². The maximum atomic E-state index is 12.9. The Balaban J connectivity index is 1.64. The van der Waals surface area contributed by atoms with E-state index in [4.69, 9.17) is 23.2 Å². The SMILES string of the molecule is CCN(CC)S(=O)(=O)c1ccc(C(=O)N2CCC(C(=O)c3ccc(Cl)c(Cl)c3)CC2)cc1. The van der Waals surface area contributed by atoms with Crippen LogP contribution >= 0.6 is 23.2 Å². The second kappa shape index (κ2) is 10.3. The van der Waals surface area contributed by atoms with Crippen molar-refractivity contribution < 1.29 is 18.0 Å². The molecule has 0 saturated carbocycles. The molecule has 1 saturated heterocycles. The fourth-order valence-corrected chi connectivity index (χ4v) is 5.65. The number of halogens is 2. The maximum Gasteiger partial charge on any atom is 0.253 e. The molecule has 1 aliphatic rings. The molecular formula is C23H26Cl2N2O4S. The minimum Gasteiger partial charge on any atom is -0.339 e. The highest BCUT2D eigenvalue weighted by Crippen LogP contribution is 2.27. The van der Waals surface area contributed by atoms with Gasteiger partial charge in [-0.15, -0.1) is 0 Å². The number of hydrogen-bond donors (Lipinski definition) is 0. The lowest BCUT2D eigenvalue weighted by molar-refractivity contribution is 0.0650. The molecule has 0 aromatic heterocycles. The van der Waals surface area contributed by atoms with E-state index in [1.54, 1.807) is 49.1 Å². The monoisotopic (exact) mass is 496 g/mol. The number of carbonyl (C=O) groups is 2. The van der Waals surface area contributed by atoms with E-state index in [1.165, 1.54) is 16.4 Å². The van der Waals surface area contributed by atoms with Gasteiger partial charge in [-0.2, -0.15) is 4.31 Å². The third-order valence-electron chi connectivity index (χ3n) is 5.80. The Bertz CT molecular complexity index is 1090. The summed E-state index contributed by atoms with van der Waals surface area (Å²) in [7, 11) is -3.56. The van der Waals surface area contributed by atoms with Crippen LogP contribution in [0.5, 0.6) is 0 Å². The van der Waals surface area contributed by atoms with Gasteiger partial charge in [-0.05, 0) is 55.3 Å². The van der Waals surface area contributed by atoms with Crippen molar-refractivity contribution in [1.29, 1.82) is 0 Å². The Kier molecular flexibility index (Phi) is 7.98. The average molecular weight is 497 g/mol. The van der Waals surface area contributed by atoms with Crippen LogP contribution in [0.3, 0.4) is 0 Å². The molecule has 0 radical (unpaired) electrons. The Labute approximate surface area is 199 Å². The molecule has 9 heteroatoms. The Morgan fingerprint density at radius 1 is 0.938 bits per heavy atom.